The van der Waals surface area contributed by atoms with Crippen molar-refractivity contribution in [2.45, 2.75) is 32.5 Å². The number of hydrogen-bond donors (Lipinski definition) is 2. The summed E-state index contributed by atoms with van der Waals surface area (Å²) in [5.74, 6) is -0.186. The molecule has 6 heteroatoms. The van der Waals surface area contributed by atoms with E-state index in [0.717, 1.165) is 0 Å². The Balaban J connectivity index is 2.84. The lowest BCUT2D eigenvalue weighted by atomic mass is 10.00. The summed E-state index contributed by atoms with van der Waals surface area (Å²) in [5, 5.41) is 19.9. The van der Waals surface area contributed by atoms with Gasteiger partial charge in [0.2, 0.25) is 0 Å². The van der Waals surface area contributed by atoms with Crippen LogP contribution in [0.2, 0.25) is 0 Å². The second kappa shape index (κ2) is 8.39. The molecule has 1 aromatic rings. The van der Waals surface area contributed by atoms with E-state index in [4.69, 9.17) is 9.47 Å². The van der Waals surface area contributed by atoms with Crippen LogP contribution >= 0.6 is 0 Å². The van der Waals surface area contributed by atoms with Crippen LogP contribution in [0.3, 0.4) is 0 Å². The summed E-state index contributed by atoms with van der Waals surface area (Å²) in [6.45, 7) is 4.07. The number of aliphatic hydroxyl groups is 2. The van der Waals surface area contributed by atoms with Gasteiger partial charge in [-0.25, -0.2) is 0 Å². The van der Waals surface area contributed by atoms with Gasteiger partial charge in [0.25, 0.3) is 0 Å². The van der Waals surface area contributed by atoms with Crippen LogP contribution in [0.5, 0.6) is 5.75 Å². The number of carbonyl (C=O) groups excluding carboxylic acids is 2. The van der Waals surface area contributed by atoms with Crippen LogP contribution in [0, 0.1) is 0 Å². The molecule has 0 aliphatic heterocycles. The molecule has 1 rings (SSSR count). The van der Waals surface area contributed by atoms with Crippen molar-refractivity contribution < 1.29 is 29.3 Å². The minimum Gasteiger partial charge on any atom is -0.493 e. The van der Waals surface area contributed by atoms with E-state index in [9.17, 15) is 19.8 Å². The van der Waals surface area contributed by atoms with E-state index >= 15 is 0 Å². The highest BCUT2D eigenvalue weighted by Crippen LogP contribution is 2.25. The first-order valence-electron chi connectivity index (χ1n) is 6.77. The normalized spacial score (nSPS) is 13.3. The molecule has 0 saturated heterocycles. The highest BCUT2D eigenvalue weighted by atomic mass is 16.5. The predicted molar refractivity (Wildman–Crippen MR) is 75.2 cm³/mol. The zero-order valence-corrected chi connectivity index (χ0v) is 12.1. The number of aldehydes is 1. The van der Waals surface area contributed by atoms with Crippen LogP contribution in [-0.4, -0.2) is 41.8 Å². The first-order valence-corrected chi connectivity index (χ1v) is 6.77. The highest BCUT2D eigenvalue weighted by molar-refractivity contribution is 5.79. The SMILES string of the molecule is CCOC(=O)CC(O)C(O)c1ccc(OCC)c(C=O)c1. The van der Waals surface area contributed by atoms with Crippen LogP contribution in [0.1, 0.15) is 42.3 Å². The molecule has 2 atom stereocenters. The van der Waals surface area contributed by atoms with Gasteiger partial charge in [0.15, 0.2) is 6.29 Å². The molecule has 0 spiro atoms. The van der Waals surface area contributed by atoms with E-state index in [0.29, 0.717) is 24.2 Å². The molecule has 0 saturated carbocycles. The van der Waals surface area contributed by atoms with Gasteiger partial charge in [-0.2, -0.15) is 0 Å². The zero-order chi connectivity index (χ0) is 15.8. The van der Waals surface area contributed by atoms with Gasteiger partial charge in [-0.1, -0.05) is 6.07 Å². The fourth-order valence-corrected chi connectivity index (χ4v) is 1.85. The third-order valence-electron chi connectivity index (χ3n) is 2.85. The molecule has 0 radical (unpaired) electrons. The lowest BCUT2D eigenvalue weighted by molar-refractivity contribution is -0.147. The second-order valence-corrected chi connectivity index (χ2v) is 4.37. The van der Waals surface area contributed by atoms with Crippen molar-refractivity contribution in [2.75, 3.05) is 13.2 Å². The molecule has 6 nitrogen and oxygen atoms in total. The Bertz CT molecular complexity index is 485. The fraction of sp³-hybridized carbons (Fsp3) is 0.467. The third kappa shape index (κ3) is 4.84. The van der Waals surface area contributed by atoms with Crippen molar-refractivity contribution in [1.82, 2.24) is 0 Å². The van der Waals surface area contributed by atoms with Crippen molar-refractivity contribution in [2.24, 2.45) is 0 Å². The standard InChI is InChI=1S/C15H20O6/c1-3-20-13-6-5-10(7-11(13)9-16)15(19)12(17)8-14(18)21-4-2/h5-7,9,12,15,17,19H,3-4,8H2,1-2H3. The Kier molecular flexibility index (Phi) is 6.84. The van der Waals surface area contributed by atoms with E-state index in [1.165, 1.54) is 12.1 Å². The summed E-state index contributed by atoms with van der Waals surface area (Å²) < 4.78 is 9.98. The van der Waals surface area contributed by atoms with Gasteiger partial charge in [0, 0.05) is 0 Å². The molecule has 0 heterocycles. The van der Waals surface area contributed by atoms with Crippen molar-refractivity contribution in [3.05, 3.63) is 29.3 Å². The number of aliphatic hydroxyl groups excluding tert-OH is 2. The van der Waals surface area contributed by atoms with Gasteiger partial charge in [-0.05, 0) is 31.5 Å². The molecule has 21 heavy (non-hydrogen) atoms. The lowest BCUT2D eigenvalue weighted by Crippen LogP contribution is -2.23. The quantitative estimate of drug-likeness (QED) is 0.554. The number of esters is 1. The van der Waals surface area contributed by atoms with E-state index in [1.54, 1.807) is 19.9 Å². The van der Waals surface area contributed by atoms with E-state index < -0.39 is 18.2 Å². The van der Waals surface area contributed by atoms with Crippen LogP contribution in [0.25, 0.3) is 0 Å². The van der Waals surface area contributed by atoms with Gasteiger partial charge in [0.05, 0.1) is 31.3 Å². The summed E-state index contributed by atoms with van der Waals surface area (Å²) >= 11 is 0. The summed E-state index contributed by atoms with van der Waals surface area (Å²) in [6, 6.07) is 4.51. The molecule has 0 amide bonds. The maximum absolute atomic E-state index is 11.3. The smallest absolute Gasteiger partial charge is 0.308 e. The first kappa shape index (κ1) is 17.1. The van der Waals surface area contributed by atoms with Gasteiger partial charge in [0.1, 0.15) is 11.9 Å². The lowest BCUT2D eigenvalue weighted by Gasteiger charge is -2.18. The summed E-state index contributed by atoms with van der Waals surface area (Å²) in [7, 11) is 0. The molecule has 2 unspecified atom stereocenters. The van der Waals surface area contributed by atoms with E-state index in [1.807, 2.05) is 0 Å². The minimum atomic E-state index is -1.30. The Morgan fingerprint density at radius 3 is 2.57 bits per heavy atom. The third-order valence-corrected chi connectivity index (χ3v) is 2.85. The monoisotopic (exact) mass is 296 g/mol. The van der Waals surface area contributed by atoms with Gasteiger partial charge >= 0.3 is 5.97 Å². The second-order valence-electron chi connectivity index (χ2n) is 4.37. The van der Waals surface area contributed by atoms with Crippen molar-refractivity contribution in [1.29, 1.82) is 0 Å². The number of benzene rings is 1. The summed E-state index contributed by atoms with van der Waals surface area (Å²) in [5.41, 5.74) is 0.606. The molecular formula is C15H20O6. The highest BCUT2D eigenvalue weighted by Gasteiger charge is 2.23. The predicted octanol–water partition coefficient (Wildman–Crippen LogP) is 1.25. The summed E-state index contributed by atoms with van der Waals surface area (Å²) in [6.07, 6.45) is -2.30. The van der Waals surface area contributed by atoms with Crippen molar-refractivity contribution in [3.63, 3.8) is 0 Å². The average Bonchev–Trinajstić information content (AvgIpc) is 2.47. The fourth-order valence-electron chi connectivity index (χ4n) is 1.85. The molecule has 0 fully saturated rings. The van der Waals surface area contributed by atoms with Crippen LogP contribution in [-0.2, 0) is 9.53 Å². The molecule has 0 aliphatic rings. The molecular weight excluding hydrogens is 276 g/mol. The number of ether oxygens (including phenoxy) is 2. The Hall–Kier alpha value is -1.92. The number of carbonyl (C=O) groups is 2. The maximum atomic E-state index is 11.3. The molecule has 0 aliphatic carbocycles. The Labute approximate surface area is 123 Å². The molecule has 2 N–H and O–H groups in total. The maximum Gasteiger partial charge on any atom is 0.308 e. The topological polar surface area (TPSA) is 93.1 Å². The number of hydrogen-bond acceptors (Lipinski definition) is 6. The molecule has 0 aromatic heterocycles. The zero-order valence-electron chi connectivity index (χ0n) is 12.1. The van der Waals surface area contributed by atoms with Crippen LogP contribution in [0.4, 0.5) is 0 Å². The van der Waals surface area contributed by atoms with Gasteiger partial charge in [-0.15, -0.1) is 0 Å². The van der Waals surface area contributed by atoms with Crippen LogP contribution in [0.15, 0.2) is 18.2 Å². The van der Waals surface area contributed by atoms with Gasteiger partial charge < -0.3 is 19.7 Å². The van der Waals surface area contributed by atoms with Crippen molar-refractivity contribution in [3.8, 4) is 5.75 Å². The van der Waals surface area contributed by atoms with Crippen molar-refractivity contribution >= 4 is 12.3 Å². The Morgan fingerprint density at radius 1 is 1.29 bits per heavy atom. The Morgan fingerprint density at radius 2 is 2.00 bits per heavy atom. The average molecular weight is 296 g/mol. The molecule has 1 aromatic carbocycles. The largest absolute Gasteiger partial charge is 0.493 e. The van der Waals surface area contributed by atoms with Crippen LogP contribution < -0.4 is 4.74 Å². The van der Waals surface area contributed by atoms with E-state index in [-0.39, 0.29) is 18.6 Å². The molecule has 116 valence electrons. The summed E-state index contributed by atoms with van der Waals surface area (Å²) in [4.78, 5) is 22.3. The van der Waals surface area contributed by atoms with E-state index in [2.05, 4.69) is 0 Å². The first-order chi connectivity index (χ1) is 10.0. The van der Waals surface area contributed by atoms with Gasteiger partial charge in [-0.3, -0.25) is 9.59 Å². The molecule has 0 bridgehead atoms. The number of rotatable bonds is 8. The minimum absolute atomic E-state index is 0.208.